The van der Waals surface area contributed by atoms with E-state index in [-0.39, 0.29) is 12.0 Å². The predicted molar refractivity (Wildman–Crippen MR) is 74.2 cm³/mol. The molecule has 8 nitrogen and oxygen atoms in total. The van der Waals surface area contributed by atoms with Gasteiger partial charge in [0.25, 0.3) is 5.91 Å². The molecule has 21 heavy (non-hydrogen) atoms. The molecule has 7 atom stereocenters. The molecule has 126 valence electrons. The molecule has 0 aromatic carbocycles. The van der Waals surface area contributed by atoms with Crippen LogP contribution in [0.3, 0.4) is 0 Å². The Morgan fingerprint density at radius 3 is 1.95 bits per heavy atom. The van der Waals surface area contributed by atoms with Gasteiger partial charge in [-0.1, -0.05) is 6.92 Å². The van der Waals surface area contributed by atoms with Gasteiger partial charge in [0.05, 0.1) is 12.7 Å². The third-order valence-electron chi connectivity index (χ3n) is 3.46. The number of nitrogens with one attached hydrogen (secondary N) is 1. The molecule has 8 heteroatoms. The normalized spacial score (nSPS) is 21.8. The smallest absolute Gasteiger partial charge is 0.251 e. The first-order chi connectivity index (χ1) is 9.61. The van der Waals surface area contributed by atoms with Crippen LogP contribution in [-0.4, -0.2) is 79.7 Å². The molecule has 0 fully saturated rings. The molecule has 3 unspecified atom stereocenters. The van der Waals surface area contributed by atoms with Gasteiger partial charge in [0.1, 0.15) is 18.3 Å². The van der Waals surface area contributed by atoms with Crippen LogP contribution in [0, 0.1) is 5.92 Å². The summed E-state index contributed by atoms with van der Waals surface area (Å²) in [6, 6.07) is -0.358. The van der Waals surface area contributed by atoms with Crippen LogP contribution >= 0.6 is 0 Å². The highest BCUT2D eigenvalue weighted by Gasteiger charge is 2.34. The second-order valence-corrected chi connectivity index (χ2v) is 5.54. The van der Waals surface area contributed by atoms with Crippen LogP contribution in [0.2, 0.25) is 0 Å². The van der Waals surface area contributed by atoms with Crippen LogP contribution in [0.1, 0.15) is 27.2 Å². The predicted octanol–water partition coefficient (Wildman–Crippen LogP) is -2.67. The SMILES string of the molecule is CC(CC(C)C(C)O)NC(=O)[C@H](O)[C@@H](O)[C@H](O)[C@H](O)CO. The maximum atomic E-state index is 11.7. The lowest BCUT2D eigenvalue weighted by Gasteiger charge is -2.27. The van der Waals surface area contributed by atoms with E-state index in [1.165, 1.54) is 0 Å². The Bertz CT molecular complexity index is 313. The largest absolute Gasteiger partial charge is 0.394 e. The number of amides is 1. The first kappa shape index (κ1) is 20.2. The molecule has 7 N–H and O–H groups in total. The van der Waals surface area contributed by atoms with Gasteiger partial charge in [0.2, 0.25) is 0 Å². The third kappa shape index (κ3) is 6.68. The van der Waals surface area contributed by atoms with Crippen molar-refractivity contribution >= 4 is 5.91 Å². The summed E-state index contributed by atoms with van der Waals surface area (Å²) in [5, 5.41) is 58.2. The molecule has 0 aromatic rings. The highest BCUT2D eigenvalue weighted by Crippen LogP contribution is 2.11. The second-order valence-electron chi connectivity index (χ2n) is 5.54. The van der Waals surface area contributed by atoms with E-state index in [2.05, 4.69) is 5.32 Å². The van der Waals surface area contributed by atoms with E-state index in [9.17, 15) is 25.2 Å². The topological polar surface area (TPSA) is 150 Å². The molecule has 0 spiro atoms. The Balaban J connectivity index is 4.44. The molecule has 0 saturated heterocycles. The summed E-state index contributed by atoms with van der Waals surface area (Å²) in [7, 11) is 0. The summed E-state index contributed by atoms with van der Waals surface area (Å²) in [6.45, 7) is 4.30. The number of carbonyl (C=O) groups excluding carboxylic acids is 1. The Morgan fingerprint density at radius 2 is 1.52 bits per heavy atom. The number of aliphatic hydroxyl groups is 6. The summed E-state index contributed by atoms with van der Waals surface area (Å²) < 4.78 is 0. The third-order valence-corrected chi connectivity index (χ3v) is 3.46. The molecule has 0 aliphatic heterocycles. The fourth-order valence-electron chi connectivity index (χ4n) is 1.82. The fraction of sp³-hybridized carbons (Fsp3) is 0.923. The summed E-state index contributed by atoms with van der Waals surface area (Å²) in [5.74, 6) is -0.971. The Hall–Kier alpha value is -0.770. The molecule has 0 rings (SSSR count). The lowest BCUT2D eigenvalue weighted by molar-refractivity contribution is -0.149. The van der Waals surface area contributed by atoms with Gasteiger partial charge in [0.15, 0.2) is 6.10 Å². The molecule has 0 heterocycles. The standard InChI is InChI=1S/C13H27NO7/c1-6(8(3)16)4-7(2)14-13(21)12(20)11(19)10(18)9(17)5-15/h6-12,15-20H,4-5H2,1-3H3,(H,14,21)/t6?,7?,8?,9-,10-,11+,12-/m1/s1. The van der Waals surface area contributed by atoms with Crippen molar-refractivity contribution in [3.8, 4) is 0 Å². The second kappa shape index (κ2) is 9.29. The van der Waals surface area contributed by atoms with E-state index in [1.807, 2.05) is 0 Å². The molecule has 0 bridgehead atoms. The molecular formula is C13H27NO7. The molecular weight excluding hydrogens is 282 g/mol. The summed E-state index contributed by atoms with van der Waals surface area (Å²) in [6.07, 6.45) is -7.44. The van der Waals surface area contributed by atoms with Gasteiger partial charge < -0.3 is 36.0 Å². The molecule has 0 aliphatic carbocycles. The Kier molecular flexibility index (Phi) is 8.95. The number of hydrogen-bond donors (Lipinski definition) is 7. The van der Waals surface area contributed by atoms with Crippen LogP contribution in [0.25, 0.3) is 0 Å². The average molecular weight is 309 g/mol. The van der Waals surface area contributed by atoms with E-state index in [1.54, 1.807) is 20.8 Å². The summed E-state index contributed by atoms with van der Waals surface area (Å²) in [5.41, 5.74) is 0. The molecule has 0 aliphatic rings. The molecule has 0 aromatic heterocycles. The zero-order valence-electron chi connectivity index (χ0n) is 12.5. The minimum atomic E-state index is -1.94. The number of aliphatic hydroxyl groups excluding tert-OH is 6. The van der Waals surface area contributed by atoms with Gasteiger partial charge >= 0.3 is 0 Å². The first-order valence-electron chi connectivity index (χ1n) is 6.93. The summed E-state index contributed by atoms with van der Waals surface area (Å²) >= 11 is 0. The zero-order chi connectivity index (χ0) is 16.7. The van der Waals surface area contributed by atoms with Crippen molar-refractivity contribution in [2.45, 2.75) is 63.8 Å². The van der Waals surface area contributed by atoms with Crippen molar-refractivity contribution in [3.63, 3.8) is 0 Å². The monoisotopic (exact) mass is 309 g/mol. The Labute approximate surface area is 124 Å². The molecule has 1 amide bonds. The lowest BCUT2D eigenvalue weighted by atomic mass is 9.97. The molecule has 0 radical (unpaired) electrons. The van der Waals surface area contributed by atoms with Crippen molar-refractivity contribution in [2.75, 3.05) is 6.61 Å². The first-order valence-corrected chi connectivity index (χ1v) is 6.93. The van der Waals surface area contributed by atoms with Gasteiger partial charge in [-0.2, -0.15) is 0 Å². The highest BCUT2D eigenvalue weighted by atomic mass is 16.4. The number of carbonyl (C=O) groups is 1. The van der Waals surface area contributed by atoms with Gasteiger partial charge in [-0.25, -0.2) is 0 Å². The van der Waals surface area contributed by atoms with Crippen molar-refractivity contribution < 1.29 is 35.4 Å². The van der Waals surface area contributed by atoms with Crippen LogP contribution < -0.4 is 5.32 Å². The maximum absolute atomic E-state index is 11.7. The zero-order valence-corrected chi connectivity index (χ0v) is 12.5. The van der Waals surface area contributed by atoms with Crippen molar-refractivity contribution in [1.29, 1.82) is 0 Å². The highest BCUT2D eigenvalue weighted by molar-refractivity contribution is 5.81. The Morgan fingerprint density at radius 1 is 1.00 bits per heavy atom. The lowest BCUT2D eigenvalue weighted by Crippen LogP contribution is -2.53. The van der Waals surface area contributed by atoms with Crippen LogP contribution in [0.15, 0.2) is 0 Å². The van der Waals surface area contributed by atoms with E-state index in [0.717, 1.165) is 0 Å². The minimum Gasteiger partial charge on any atom is -0.394 e. The van der Waals surface area contributed by atoms with Crippen LogP contribution in [0.4, 0.5) is 0 Å². The van der Waals surface area contributed by atoms with E-state index < -0.39 is 43.0 Å². The van der Waals surface area contributed by atoms with Crippen molar-refractivity contribution in [1.82, 2.24) is 5.32 Å². The average Bonchev–Trinajstić information content (AvgIpc) is 2.43. The fourth-order valence-corrected chi connectivity index (χ4v) is 1.82. The number of rotatable bonds is 9. The quantitative estimate of drug-likeness (QED) is 0.245. The van der Waals surface area contributed by atoms with Gasteiger partial charge in [-0.3, -0.25) is 4.79 Å². The van der Waals surface area contributed by atoms with E-state index in [0.29, 0.717) is 6.42 Å². The number of hydrogen-bond acceptors (Lipinski definition) is 7. The molecule has 0 saturated carbocycles. The minimum absolute atomic E-state index is 0.0656. The van der Waals surface area contributed by atoms with Gasteiger partial charge in [-0.15, -0.1) is 0 Å². The van der Waals surface area contributed by atoms with Crippen LogP contribution in [0.5, 0.6) is 0 Å². The van der Waals surface area contributed by atoms with Gasteiger partial charge in [0, 0.05) is 6.04 Å². The van der Waals surface area contributed by atoms with Gasteiger partial charge in [-0.05, 0) is 26.2 Å². The van der Waals surface area contributed by atoms with E-state index in [4.69, 9.17) is 10.2 Å². The summed E-state index contributed by atoms with van der Waals surface area (Å²) in [4.78, 5) is 11.7. The van der Waals surface area contributed by atoms with Crippen LogP contribution in [-0.2, 0) is 4.79 Å². The van der Waals surface area contributed by atoms with E-state index >= 15 is 0 Å². The van der Waals surface area contributed by atoms with Crippen molar-refractivity contribution in [2.24, 2.45) is 5.92 Å². The maximum Gasteiger partial charge on any atom is 0.251 e. The van der Waals surface area contributed by atoms with Crippen molar-refractivity contribution in [3.05, 3.63) is 0 Å².